The van der Waals surface area contributed by atoms with Gasteiger partial charge in [0.2, 0.25) is 35.4 Å². The summed E-state index contributed by atoms with van der Waals surface area (Å²) < 4.78 is 0. The molecule has 4 rings (SSSR count). The number of phenols is 1. The summed E-state index contributed by atoms with van der Waals surface area (Å²) in [5.41, 5.74) is 18.6. The minimum atomic E-state index is -1.30. The summed E-state index contributed by atoms with van der Waals surface area (Å²) >= 11 is 0. The first-order chi connectivity index (χ1) is 31.8. The number of hydrogen-bond donors (Lipinski definition) is 11. The summed E-state index contributed by atoms with van der Waals surface area (Å²) in [6.45, 7) is 7.52. The van der Waals surface area contributed by atoms with Crippen LogP contribution in [0.3, 0.4) is 0 Å². The number of aromatic nitrogens is 2. The molecule has 1 fully saturated rings. The second kappa shape index (κ2) is 25.6. The highest BCUT2D eigenvalue weighted by Gasteiger charge is 2.40. The molecule has 1 aliphatic heterocycles. The highest BCUT2D eigenvalue weighted by atomic mass is 16.4. The average Bonchev–Trinajstić information content (AvgIpc) is 3.99. The lowest BCUT2D eigenvalue weighted by atomic mass is 9.98. The van der Waals surface area contributed by atoms with E-state index in [2.05, 4.69) is 41.5 Å². The number of aliphatic imine (C=N–C) groups is 1. The van der Waals surface area contributed by atoms with Crippen molar-refractivity contribution in [2.24, 2.45) is 34.0 Å². The summed E-state index contributed by atoms with van der Waals surface area (Å²) in [6.07, 6.45) is 4.23. The molecule has 2 heterocycles. The molecule has 2 aromatic carbocycles. The van der Waals surface area contributed by atoms with Crippen molar-refractivity contribution in [2.45, 2.75) is 121 Å². The Bertz CT molecular complexity index is 2150. The second-order valence-electron chi connectivity index (χ2n) is 17.5. The Balaban J connectivity index is 1.55. The lowest BCUT2D eigenvalue weighted by Crippen LogP contribution is -2.61. The maximum Gasteiger partial charge on any atom is 0.326 e. The second-order valence-corrected chi connectivity index (χ2v) is 17.5. The number of carbonyl (C=O) groups is 7. The van der Waals surface area contributed by atoms with E-state index in [4.69, 9.17) is 17.2 Å². The van der Waals surface area contributed by atoms with Gasteiger partial charge in [-0.1, -0.05) is 70.2 Å². The smallest absolute Gasteiger partial charge is 0.326 e. The molecule has 0 spiro atoms. The van der Waals surface area contributed by atoms with Gasteiger partial charge in [0.15, 0.2) is 5.96 Å². The molecule has 7 atom stereocenters. The van der Waals surface area contributed by atoms with Crippen LogP contribution in [0.25, 0.3) is 0 Å². The Morgan fingerprint density at radius 1 is 0.791 bits per heavy atom. The van der Waals surface area contributed by atoms with Gasteiger partial charge in [0.25, 0.3) is 0 Å². The van der Waals surface area contributed by atoms with E-state index < -0.39 is 89.6 Å². The van der Waals surface area contributed by atoms with E-state index in [1.54, 1.807) is 56.3 Å². The van der Waals surface area contributed by atoms with E-state index >= 15 is 0 Å². The maximum atomic E-state index is 14.5. The molecular weight excluding hydrogens is 865 g/mol. The molecule has 67 heavy (non-hydrogen) atoms. The Kier molecular flexibility index (Phi) is 20.1. The first kappa shape index (κ1) is 52.6. The summed E-state index contributed by atoms with van der Waals surface area (Å²) in [4.78, 5) is 108. The van der Waals surface area contributed by atoms with Gasteiger partial charge in [-0.2, -0.15) is 0 Å². The molecular formula is C46H66N12O9. The number of H-pyrrole nitrogens is 1. The third kappa shape index (κ3) is 16.7. The standard InChI is InChI=1S/C46H66N12O9/c1-26(2)20-33(53-41(62)34(21-29-14-16-31(59)17-15-29)54-43(64)38(27(3)4)57-39(60)32(47)12-8-18-51-46(48)49)40(61)55-35(23-30-24-50-25-52-30)44(65)58-19-9-13-37(58)42(63)56-36(45(66)67)22-28-10-6-5-7-11-28/h5-7,10-11,14-17,24-27,32-38,59H,8-9,12-13,18-23,47H2,1-4H3,(H,50,52)(H,53,62)(H,54,64)(H,55,61)(H,56,63)(H,57,60)(H,66,67)(H4,48,49,51). The summed E-state index contributed by atoms with van der Waals surface area (Å²) in [5.74, 6) is -5.95. The first-order valence-electron chi connectivity index (χ1n) is 22.5. The highest BCUT2D eigenvalue weighted by Crippen LogP contribution is 2.21. The van der Waals surface area contributed by atoms with Gasteiger partial charge in [0, 0.05) is 44.2 Å². The normalized spacial score (nSPS) is 16.2. The molecule has 1 aromatic heterocycles. The van der Waals surface area contributed by atoms with E-state index in [9.17, 15) is 43.8 Å². The van der Waals surface area contributed by atoms with Crippen LogP contribution in [0, 0.1) is 11.8 Å². The Morgan fingerprint density at radius 2 is 1.42 bits per heavy atom. The third-order valence-electron chi connectivity index (χ3n) is 11.2. The van der Waals surface area contributed by atoms with Crippen molar-refractivity contribution in [1.29, 1.82) is 0 Å². The van der Waals surface area contributed by atoms with Crippen molar-refractivity contribution in [3.63, 3.8) is 0 Å². The van der Waals surface area contributed by atoms with Crippen molar-refractivity contribution in [2.75, 3.05) is 13.1 Å². The van der Waals surface area contributed by atoms with E-state index in [1.807, 2.05) is 13.8 Å². The molecule has 6 amide bonds. The zero-order valence-electron chi connectivity index (χ0n) is 38.4. The lowest BCUT2D eigenvalue weighted by Gasteiger charge is -2.31. The van der Waals surface area contributed by atoms with Crippen molar-refractivity contribution in [3.05, 3.63) is 83.9 Å². The maximum absolute atomic E-state index is 14.5. The van der Waals surface area contributed by atoms with Gasteiger partial charge in [-0.05, 0) is 67.2 Å². The van der Waals surface area contributed by atoms with Crippen LogP contribution in [-0.2, 0) is 52.8 Å². The molecule has 7 unspecified atom stereocenters. The number of nitrogens with one attached hydrogen (secondary N) is 6. The average molecular weight is 931 g/mol. The van der Waals surface area contributed by atoms with E-state index in [0.29, 0.717) is 29.7 Å². The predicted octanol–water partition coefficient (Wildman–Crippen LogP) is -0.274. The minimum absolute atomic E-state index is 0.0210. The van der Waals surface area contributed by atoms with Crippen LogP contribution in [0.2, 0.25) is 0 Å². The number of nitrogens with zero attached hydrogens (tertiary/aromatic N) is 3. The number of nitrogens with two attached hydrogens (primary N) is 3. The number of hydrogen-bond acceptors (Lipinski definition) is 11. The number of aliphatic carboxylic acids is 1. The number of guanidine groups is 1. The zero-order valence-corrected chi connectivity index (χ0v) is 38.4. The quantitative estimate of drug-likeness (QED) is 0.0297. The lowest BCUT2D eigenvalue weighted by molar-refractivity contribution is -0.145. The topological polar surface area (TPSA) is 342 Å². The number of amides is 6. The highest BCUT2D eigenvalue weighted by molar-refractivity contribution is 5.97. The zero-order chi connectivity index (χ0) is 49.2. The van der Waals surface area contributed by atoms with Crippen molar-refractivity contribution in [3.8, 4) is 5.75 Å². The van der Waals surface area contributed by atoms with Crippen molar-refractivity contribution >= 4 is 47.4 Å². The van der Waals surface area contributed by atoms with Gasteiger partial charge in [-0.3, -0.25) is 33.8 Å². The Hall–Kier alpha value is -7.03. The molecule has 21 heteroatoms. The van der Waals surface area contributed by atoms with Crippen LogP contribution in [0.5, 0.6) is 5.75 Å². The molecule has 0 aliphatic carbocycles. The number of phenolic OH excluding ortho intramolecular Hbond substituents is 1. The van der Waals surface area contributed by atoms with Crippen LogP contribution in [0.1, 0.15) is 76.6 Å². The van der Waals surface area contributed by atoms with Gasteiger partial charge >= 0.3 is 5.97 Å². The van der Waals surface area contributed by atoms with Gasteiger partial charge < -0.3 is 63.9 Å². The SMILES string of the molecule is CC(C)CC(NC(=O)C(Cc1ccc(O)cc1)NC(=O)C(NC(=O)C(N)CCCN=C(N)N)C(C)C)C(=O)NC(Cc1cnc[nH]1)C(=O)N1CCCC1C(=O)NC(Cc1ccccc1)C(=O)O. The molecule has 3 aromatic rings. The third-order valence-corrected chi connectivity index (χ3v) is 11.2. The monoisotopic (exact) mass is 931 g/mol. The van der Waals surface area contributed by atoms with Crippen LogP contribution >= 0.6 is 0 Å². The van der Waals surface area contributed by atoms with E-state index in [0.717, 1.165) is 0 Å². The summed E-state index contributed by atoms with van der Waals surface area (Å²) in [7, 11) is 0. The molecule has 1 aliphatic rings. The van der Waals surface area contributed by atoms with Gasteiger partial charge in [0.05, 0.1) is 12.4 Å². The number of carbonyl (C=O) groups excluding carboxylic acids is 6. The molecule has 364 valence electrons. The molecule has 0 radical (unpaired) electrons. The predicted molar refractivity (Wildman–Crippen MR) is 248 cm³/mol. The van der Waals surface area contributed by atoms with Gasteiger partial charge in [-0.15, -0.1) is 0 Å². The number of carboxylic acid groups (broad SMARTS) is 1. The number of aromatic hydroxyl groups is 1. The fourth-order valence-electron chi connectivity index (χ4n) is 7.67. The van der Waals surface area contributed by atoms with Crippen LogP contribution in [0.15, 0.2) is 72.1 Å². The van der Waals surface area contributed by atoms with E-state index in [-0.39, 0.29) is 69.2 Å². The summed E-state index contributed by atoms with van der Waals surface area (Å²) in [6, 6.07) is 6.65. The van der Waals surface area contributed by atoms with Gasteiger partial charge in [0.1, 0.15) is 42.0 Å². The van der Waals surface area contributed by atoms with Crippen LogP contribution < -0.4 is 43.8 Å². The largest absolute Gasteiger partial charge is 0.508 e. The van der Waals surface area contributed by atoms with Crippen LogP contribution in [0.4, 0.5) is 0 Å². The number of benzene rings is 2. The number of aromatic amines is 1. The summed E-state index contributed by atoms with van der Waals surface area (Å²) in [5, 5.41) is 33.5. The minimum Gasteiger partial charge on any atom is -0.508 e. The fraction of sp³-hybridized carbons (Fsp3) is 0.500. The molecule has 0 saturated carbocycles. The van der Waals surface area contributed by atoms with Gasteiger partial charge in [-0.25, -0.2) is 9.78 Å². The number of likely N-dealkylation sites (tertiary alicyclic amines) is 1. The fourth-order valence-corrected chi connectivity index (χ4v) is 7.67. The molecule has 0 bridgehead atoms. The number of imidazole rings is 1. The van der Waals surface area contributed by atoms with Crippen molar-refractivity contribution < 1.29 is 43.8 Å². The Morgan fingerprint density at radius 3 is 2.03 bits per heavy atom. The number of rotatable bonds is 25. The van der Waals surface area contributed by atoms with E-state index in [1.165, 1.54) is 29.6 Å². The molecule has 21 nitrogen and oxygen atoms in total. The molecule has 14 N–H and O–H groups in total. The van der Waals surface area contributed by atoms with Crippen LogP contribution in [-0.4, -0.2) is 128 Å². The molecule has 1 saturated heterocycles. The van der Waals surface area contributed by atoms with Crippen molar-refractivity contribution in [1.82, 2.24) is 41.5 Å². The number of carboxylic acids is 1. The Labute approximate surface area is 389 Å². The first-order valence-corrected chi connectivity index (χ1v) is 22.5.